The molecule has 1 heterocycles. The number of benzene rings is 4. The fourth-order valence-corrected chi connectivity index (χ4v) is 4.35. The molecule has 0 spiro atoms. The zero-order chi connectivity index (χ0) is 26.3. The molecule has 6 heteroatoms. The quantitative estimate of drug-likeness (QED) is 0.222. The lowest BCUT2D eigenvalue weighted by atomic mass is 10.0. The van der Waals surface area contributed by atoms with Crippen LogP contribution in [0.15, 0.2) is 115 Å². The zero-order valence-electron chi connectivity index (χ0n) is 21.0. The molecule has 4 aromatic carbocycles. The van der Waals surface area contributed by atoms with Gasteiger partial charge in [-0.3, -0.25) is 4.79 Å². The monoisotopic (exact) mass is 501 g/mol. The van der Waals surface area contributed by atoms with Gasteiger partial charge in [0.05, 0.1) is 18.5 Å². The summed E-state index contributed by atoms with van der Waals surface area (Å²) in [5.74, 6) is -0.891. The standard InChI is InChI=1S/C32H27N3O3/c1-38-32(37)29(20-23-10-4-2-5-11-23)33-30(36)19-18-27-22-35(28-14-6-3-7-15-28)34-31(27)26-17-16-24-12-8-9-13-25(24)21-26/h2-19,21-22,29H,20H2,1H3,(H,33,36)/b19-18+/t29-/m0/s1. The molecule has 5 rings (SSSR count). The van der Waals surface area contributed by atoms with E-state index in [0.29, 0.717) is 6.42 Å². The Labute approximate surface area is 221 Å². The molecule has 0 saturated heterocycles. The van der Waals surface area contributed by atoms with Crippen LogP contribution >= 0.6 is 0 Å². The van der Waals surface area contributed by atoms with Gasteiger partial charge in [-0.15, -0.1) is 0 Å². The second-order valence-electron chi connectivity index (χ2n) is 8.88. The number of para-hydroxylation sites is 1. The third kappa shape index (κ3) is 5.71. The zero-order valence-corrected chi connectivity index (χ0v) is 21.0. The fourth-order valence-electron chi connectivity index (χ4n) is 4.35. The lowest BCUT2D eigenvalue weighted by molar-refractivity contribution is -0.144. The maximum absolute atomic E-state index is 12.9. The van der Waals surface area contributed by atoms with E-state index in [-0.39, 0.29) is 0 Å². The minimum Gasteiger partial charge on any atom is -0.467 e. The van der Waals surface area contributed by atoms with Crippen LogP contribution in [0.2, 0.25) is 0 Å². The van der Waals surface area contributed by atoms with Gasteiger partial charge in [0.2, 0.25) is 5.91 Å². The Morgan fingerprint density at radius 2 is 1.58 bits per heavy atom. The van der Waals surface area contributed by atoms with Gasteiger partial charge in [0.25, 0.3) is 0 Å². The van der Waals surface area contributed by atoms with Crippen LogP contribution in [-0.2, 0) is 20.7 Å². The van der Waals surface area contributed by atoms with Crippen molar-refractivity contribution in [2.75, 3.05) is 7.11 Å². The molecule has 0 aliphatic rings. The van der Waals surface area contributed by atoms with Gasteiger partial charge in [0.1, 0.15) is 6.04 Å². The van der Waals surface area contributed by atoms with E-state index in [1.165, 1.54) is 13.2 Å². The molecule has 188 valence electrons. The summed E-state index contributed by atoms with van der Waals surface area (Å²) in [5, 5.41) is 9.88. The molecule has 0 fully saturated rings. The average Bonchev–Trinajstić information content (AvgIpc) is 3.40. The number of carbonyl (C=O) groups excluding carboxylic acids is 2. The van der Waals surface area contributed by atoms with E-state index in [2.05, 4.69) is 29.6 Å². The highest BCUT2D eigenvalue weighted by Crippen LogP contribution is 2.28. The number of ether oxygens (including phenoxy) is 1. The topological polar surface area (TPSA) is 73.2 Å². The Bertz CT molecular complexity index is 1590. The molecule has 1 atom stereocenters. The van der Waals surface area contributed by atoms with Gasteiger partial charge in [-0.25, -0.2) is 9.48 Å². The molecule has 0 saturated carbocycles. The average molecular weight is 502 g/mol. The van der Waals surface area contributed by atoms with Crippen molar-refractivity contribution in [2.45, 2.75) is 12.5 Å². The number of hydrogen-bond acceptors (Lipinski definition) is 4. The number of hydrogen-bond donors (Lipinski definition) is 1. The Balaban J connectivity index is 1.44. The molecular weight excluding hydrogens is 474 g/mol. The normalized spacial score (nSPS) is 11.9. The van der Waals surface area contributed by atoms with E-state index < -0.39 is 17.9 Å². The molecule has 38 heavy (non-hydrogen) atoms. The third-order valence-electron chi connectivity index (χ3n) is 6.29. The molecule has 6 nitrogen and oxygen atoms in total. The summed E-state index contributed by atoms with van der Waals surface area (Å²) in [6.07, 6.45) is 5.38. The highest BCUT2D eigenvalue weighted by Gasteiger charge is 2.21. The second-order valence-corrected chi connectivity index (χ2v) is 8.88. The molecular formula is C32H27N3O3. The number of rotatable bonds is 8. The van der Waals surface area contributed by atoms with Crippen LogP contribution in [0.4, 0.5) is 0 Å². The number of carbonyl (C=O) groups is 2. The first-order valence-corrected chi connectivity index (χ1v) is 12.4. The van der Waals surface area contributed by atoms with Crippen LogP contribution in [0.5, 0.6) is 0 Å². The molecule has 1 N–H and O–H groups in total. The Morgan fingerprint density at radius 3 is 2.32 bits per heavy atom. The van der Waals surface area contributed by atoms with Gasteiger partial charge in [0.15, 0.2) is 0 Å². The van der Waals surface area contributed by atoms with Crippen LogP contribution in [0.1, 0.15) is 11.1 Å². The summed E-state index contributed by atoms with van der Waals surface area (Å²) in [5.41, 5.74) is 4.30. The number of fused-ring (bicyclic) bond motifs is 1. The predicted molar refractivity (Wildman–Crippen MR) is 150 cm³/mol. The number of methoxy groups -OCH3 is 1. The minimum absolute atomic E-state index is 0.335. The molecule has 1 amide bonds. The number of nitrogens with zero attached hydrogens (tertiary/aromatic N) is 2. The highest BCUT2D eigenvalue weighted by molar-refractivity contribution is 5.96. The minimum atomic E-state index is -0.799. The predicted octanol–water partition coefficient (Wildman–Crippen LogP) is 5.61. The molecule has 0 unspecified atom stereocenters. The van der Waals surface area contributed by atoms with Gasteiger partial charge in [-0.2, -0.15) is 5.10 Å². The van der Waals surface area contributed by atoms with E-state index in [0.717, 1.165) is 38.8 Å². The number of nitrogens with one attached hydrogen (secondary N) is 1. The molecule has 0 aliphatic heterocycles. The summed E-state index contributed by atoms with van der Waals surface area (Å²) in [7, 11) is 1.32. The molecule has 1 aromatic heterocycles. The van der Waals surface area contributed by atoms with Crippen molar-refractivity contribution in [1.29, 1.82) is 0 Å². The van der Waals surface area contributed by atoms with E-state index in [4.69, 9.17) is 9.84 Å². The fraction of sp³-hybridized carbons (Fsp3) is 0.0938. The van der Waals surface area contributed by atoms with Crippen LogP contribution in [0, 0.1) is 0 Å². The van der Waals surface area contributed by atoms with Gasteiger partial charge < -0.3 is 10.1 Å². The number of amides is 1. The van der Waals surface area contributed by atoms with Crippen molar-refractivity contribution < 1.29 is 14.3 Å². The van der Waals surface area contributed by atoms with E-state index >= 15 is 0 Å². The van der Waals surface area contributed by atoms with E-state index in [1.54, 1.807) is 10.8 Å². The maximum Gasteiger partial charge on any atom is 0.328 e. The molecule has 0 aliphatic carbocycles. The largest absolute Gasteiger partial charge is 0.467 e. The van der Waals surface area contributed by atoms with Crippen LogP contribution in [-0.4, -0.2) is 34.8 Å². The number of esters is 1. The highest BCUT2D eigenvalue weighted by atomic mass is 16.5. The number of aromatic nitrogens is 2. The second kappa shape index (κ2) is 11.4. The third-order valence-corrected chi connectivity index (χ3v) is 6.29. The van der Waals surface area contributed by atoms with Gasteiger partial charge in [-0.1, -0.05) is 84.9 Å². The lowest BCUT2D eigenvalue weighted by Crippen LogP contribution is -2.42. The Hall–Kier alpha value is -4.97. The molecule has 0 radical (unpaired) electrons. The molecule has 0 bridgehead atoms. The van der Waals surface area contributed by atoms with Crippen molar-refractivity contribution in [3.63, 3.8) is 0 Å². The van der Waals surface area contributed by atoms with Crippen molar-refractivity contribution >= 4 is 28.7 Å². The first kappa shape index (κ1) is 24.7. The van der Waals surface area contributed by atoms with E-state index in [9.17, 15) is 9.59 Å². The van der Waals surface area contributed by atoms with Crippen molar-refractivity contribution in [2.24, 2.45) is 0 Å². The van der Waals surface area contributed by atoms with Crippen LogP contribution in [0.3, 0.4) is 0 Å². The van der Waals surface area contributed by atoms with Crippen molar-refractivity contribution in [3.05, 3.63) is 127 Å². The Kier molecular flexibility index (Phi) is 7.41. The first-order chi connectivity index (χ1) is 18.6. The summed E-state index contributed by atoms with van der Waals surface area (Å²) < 4.78 is 6.72. The Morgan fingerprint density at radius 1 is 0.895 bits per heavy atom. The SMILES string of the molecule is COC(=O)[C@H](Cc1ccccc1)NC(=O)/C=C/c1cn(-c2ccccc2)nc1-c1ccc2ccccc2c1. The van der Waals surface area contributed by atoms with Crippen molar-refractivity contribution in [1.82, 2.24) is 15.1 Å². The maximum atomic E-state index is 12.9. The van der Waals surface area contributed by atoms with Crippen molar-refractivity contribution in [3.8, 4) is 16.9 Å². The summed E-state index contributed by atoms with van der Waals surface area (Å²) in [4.78, 5) is 25.3. The molecule has 5 aromatic rings. The van der Waals surface area contributed by atoms with E-state index in [1.807, 2.05) is 85.1 Å². The summed E-state index contributed by atoms with van der Waals surface area (Å²) in [6, 6.07) is 32.9. The van der Waals surface area contributed by atoms with Gasteiger partial charge in [0, 0.05) is 29.8 Å². The van der Waals surface area contributed by atoms with Crippen LogP contribution < -0.4 is 5.32 Å². The summed E-state index contributed by atoms with van der Waals surface area (Å²) >= 11 is 0. The lowest BCUT2D eigenvalue weighted by Gasteiger charge is -2.15. The van der Waals surface area contributed by atoms with Gasteiger partial charge >= 0.3 is 5.97 Å². The summed E-state index contributed by atoms with van der Waals surface area (Å²) in [6.45, 7) is 0. The first-order valence-electron chi connectivity index (χ1n) is 12.4. The smallest absolute Gasteiger partial charge is 0.328 e. The van der Waals surface area contributed by atoms with Gasteiger partial charge in [-0.05, 0) is 40.6 Å². The van der Waals surface area contributed by atoms with Crippen LogP contribution in [0.25, 0.3) is 33.8 Å².